The second-order valence-corrected chi connectivity index (χ2v) is 10.3. The summed E-state index contributed by atoms with van der Waals surface area (Å²) >= 11 is 3.38. The van der Waals surface area contributed by atoms with Crippen LogP contribution in [0, 0.1) is 0 Å². The van der Waals surface area contributed by atoms with Gasteiger partial charge >= 0.3 is 11.9 Å². The first-order valence-electron chi connectivity index (χ1n) is 10.0. The van der Waals surface area contributed by atoms with E-state index in [1.165, 1.54) is 28.3 Å². The Morgan fingerprint density at radius 2 is 1.62 bits per heavy atom. The lowest BCUT2D eigenvalue weighted by atomic mass is 10.2. The first-order chi connectivity index (χ1) is 15.9. The van der Waals surface area contributed by atoms with Crippen molar-refractivity contribution in [2.75, 3.05) is 31.5 Å². The summed E-state index contributed by atoms with van der Waals surface area (Å²) in [6, 6.07) is 11.3. The lowest BCUT2D eigenvalue weighted by Gasteiger charge is -2.32. The van der Waals surface area contributed by atoms with E-state index in [1.807, 2.05) is 6.07 Å². The van der Waals surface area contributed by atoms with Crippen molar-refractivity contribution in [2.45, 2.75) is 18.4 Å². The predicted molar refractivity (Wildman–Crippen MR) is 123 cm³/mol. The Balaban J connectivity index is 0.000000604. The Labute approximate surface area is 204 Å². The van der Waals surface area contributed by atoms with Crippen LogP contribution in [0.2, 0.25) is 0 Å². The summed E-state index contributed by atoms with van der Waals surface area (Å²) in [6.45, 7) is 4.04. The van der Waals surface area contributed by atoms with Crippen molar-refractivity contribution in [3.63, 3.8) is 0 Å². The van der Waals surface area contributed by atoms with E-state index in [9.17, 15) is 18.3 Å². The minimum atomic E-state index is -3.58. The number of carboxylic acids is 2. The first kappa shape index (κ1) is 27.2. The van der Waals surface area contributed by atoms with Crippen molar-refractivity contribution in [2.24, 2.45) is 0 Å². The van der Waals surface area contributed by atoms with Gasteiger partial charge in [0, 0.05) is 17.1 Å². The molecule has 1 saturated heterocycles. The number of rotatable bonds is 5. The number of carbonyl (C=O) groups excluding carboxylic acids is 1. The smallest absolute Gasteiger partial charge is 0.414 e. The van der Waals surface area contributed by atoms with Gasteiger partial charge in [-0.25, -0.2) is 18.0 Å². The van der Waals surface area contributed by atoms with Gasteiger partial charge in [0.05, 0.1) is 31.1 Å². The van der Waals surface area contributed by atoms with Crippen molar-refractivity contribution >= 4 is 49.5 Å². The molecular formula is C21H24BrN3O8S. The van der Waals surface area contributed by atoms with E-state index in [4.69, 9.17) is 19.8 Å². The fraction of sp³-hybridized carbons (Fsp3) is 0.286. The highest BCUT2D eigenvalue weighted by Crippen LogP contribution is 2.20. The number of hydrogen-bond acceptors (Lipinski definition) is 6. The van der Waals surface area contributed by atoms with E-state index >= 15 is 0 Å². The Morgan fingerprint density at radius 1 is 1.06 bits per heavy atom. The number of aliphatic carboxylic acids is 2. The number of hydrogen-bond donors (Lipinski definition) is 4. The van der Waals surface area contributed by atoms with Gasteiger partial charge < -0.3 is 25.5 Å². The molecule has 0 spiro atoms. The molecule has 0 aromatic heterocycles. The molecule has 0 bridgehead atoms. The number of nitrogens with zero attached hydrogens (tertiary/aromatic N) is 1. The average Bonchev–Trinajstić information content (AvgIpc) is 2.77. The number of carbonyl (C=O) groups is 3. The molecule has 0 atom stereocenters. The number of sulfonamides is 1. The molecule has 11 nitrogen and oxygen atoms in total. The summed E-state index contributed by atoms with van der Waals surface area (Å²) in [6.07, 6.45) is 0. The zero-order chi connectivity index (χ0) is 25.5. The standard InChI is InChI=1S/C19H22BrN3O4S.C2H2O4/c1-14(24)21-17-3-5-18(6-4-17)28(26,27)23-10-8-22(9-11-23)13-15-12-16(20)2-7-19(15)25;3-1(4)2(5)6/h2-7,12,25H,8-11,13H2,1H3,(H,21,24);(H,3,4)(H,5,6). The highest BCUT2D eigenvalue weighted by Gasteiger charge is 2.30. The fourth-order valence-electron chi connectivity index (χ4n) is 3.24. The summed E-state index contributed by atoms with van der Waals surface area (Å²) in [7, 11) is -3.58. The predicted octanol–water partition coefficient (Wildman–Crippen LogP) is -0.274. The molecule has 0 aliphatic carbocycles. The topological polar surface area (TPSA) is 169 Å². The van der Waals surface area contributed by atoms with Gasteiger partial charge in [-0.1, -0.05) is 22.0 Å². The zero-order valence-corrected chi connectivity index (χ0v) is 20.6. The molecule has 1 aliphatic heterocycles. The largest absolute Gasteiger partial charge is 0.872 e. The Bertz CT molecular complexity index is 1140. The van der Waals surface area contributed by atoms with E-state index in [0.717, 1.165) is 10.0 Å². The van der Waals surface area contributed by atoms with E-state index in [0.29, 0.717) is 38.4 Å². The van der Waals surface area contributed by atoms with Gasteiger partial charge in [-0.2, -0.15) is 4.31 Å². The number of nitrogens with one attached hydrogen (secondary N) is 2. The molecule has 1 aliphatic rings. The third-order valence-electron chi connectivity index (χ3n) is 4.89. The second-order valence-electron chi connectivity index (χ2n) is 7.40. The van der Waals surface area contributed by atoms with Gasteiger partial charge in [0.2, 0.25) is 15.9 Å². The van der Waals surface area contributed by atoms with E-state index in [1.54, 1.807) is 24.3 Å². The van der Waals surface area contributed by atoms with Gasteiger partial charge in [-0.3, -0.25) is 4.79 Å². The number of halogens is 1. The molecule has 0 radical (unpaired) electrons. The molecule has 0 unspecified atom stereocenters. The summed E-state index contributed by atoms with van der Waals surface area (Å²) in [5.74, 6) is -3.85. The van der Waals surface area contributed by atoms with Crippen LogP contribution in [0.5, 0.6) is 5.75 Å². The Hall–Kier alpha value is -3.00. The summed E-state index contributed by atoms with van der Waals surface area (Å²) in [4.78, 5) is 30.7. The van der Waals surface area contributed by atoms with Gasteiger partial charge in [-0.15, -0.1) is 5.75 Å². The Kier molecular flexibility index (Phi) is 9.55. The van der Waals surface area contributed by atoms with Crippen LogP contribution in [0.25, 0.3) is 0 Å². The highest BCUT2D eigenvalue weighted by atomic mass is 79.9. The van der Waals surface area contributed by atoms with Crippen LogP contribution >= 0.6 is 15.9 Å². The van der Waals surface area contributed by atoms with Gasteiger partial charge in [0.15, 0.2) is 0 Å². The molecule has 13 heteroatoms. The zero-order valence-electron chi connectivity index (χ0n) is 18.2. The average molecular weight is 558 g/mol. The molecule has 1 heterocycles. The van der Waals surface area contributed by atoms with Gasteiger partial charge in [-0.05, 0) is 42.0 Å². The molecule has 4 N–H and O–H groups in total. The number of quaternary nitrogens is 1. The number of carboxylic acid groups (broad SMARTS) is 2. The molecule has 1 fully saturated rings. The lowest BCUT2D eigenvalue weighted by Crippen LogP contribution is -3.13. The molecule has 184 valence electrons. The molecule has 1 amide bonds. The summed E-state index contributed by atoms with van der Waals surface area (Å²) in [5.41, 5.74) is 1.29. The number of amides is 1. The molecular weight excluding hydrogens is 534 g/mol. The van der Waals surface area contributed by atoms with Gasteiger partial charge in [0.1, 0.15) is 6.54 Å². The highest BCUT2D eigenvalue weighted by molar-refractivity contribution is 9.10. The van der Waals surface area contributed by atoms with Gasteiger partial charge in [0.25, 0.3) is 0 Å². The normalized spacial score (nSPS) is 14.5. The maximum absolute atomic E-state index is 12.9. The number of piperazine rings is 1. The first-order valence-corrected chi connectivity index (χ1v) is 12.3. The third-order valence-corrected chi connectivity index (χ3v) is 7.29. The molecule has 2 aromatic carbocycles. The molecule has 3 rings (SSSR count). The van der Waals surface area contributed by atoms with Crippen LogP contribution in [-0.2, 0) is 31.0 Å². The minimum absolute atomic E-state index is 0.00464. The van der Waals surface area contributed by atoms with Crippen molar-refractivity contribution in [1.82, 2.24) is 4.31 Å². The van der Waals surface area contributed by atoms with Crippen LogP contribution in [0.15, 0.2) is 51.8 Å². The van der Waals surface area contributed by atoms with E-state index in [2.05, 4.69) is 21.2 Å². The summed E-state index contributed by atoms with van der Waals surface area (Å²) in [5, 5.41) is 29.4. The van der Waals surface area contributed by atoms with Crippen LogP contribution in [0.3, 0.4) is 0 Å². The second kappa shape index (κ2) is 11.9. The van der Waals surface area contributed by atoms with Crippen molar-refractivity contribution in [1.29, 1.82) is 0 Å². The molecule has 0 saturated carbocycles. The molecule has 34 heavy (non-hydrogen) atoms. The monoisotopic (exact) mass is 557 g/mol. The SMILES string of the molecule is CC(=O)Nc1ccc(S(=O)(=O)N2CC[NH+](Cc3cc(Br)ccc3[O-])CC2)cc1.O=C(O)C(=O)O. The van der Waals surface area contributed by atoms with E-state index in [-0.39, 0.29) is 16.6 Å². The third kappa shape index (κ3) is 7.80. The maximum atomic E-state index is 12.9. The van der Waals surface area contributed by atoms with Crippen LogP contribution in [0.4, 0.5) is 5.69 Å². The Morgan fingerprint density at radius 3 is 2.12 bits per heavy atom. The van der Waals surface area contributed by atoms with Crippen LogP contribution in [-0.4, -0.2) is 67.0 Å². The van der Waals surface area contributed by atoms with Crippen LogP contribution < -0.4 is 15.3 Å². The number of anilines is 1. The number of benzene rings is 2. The minimum Gasteiger partial charge on any atom is -0.872 e. The van der Waals surface area contributed by atoms with E-state index < -0.39 is 22.0 Å². The van der Waals surface area contributed by atoms with Crippen LogP contribution in [0.1, 0.15) is 12.5 Å². The fourth-order valence-corrected chi connectivity index (χ4v) is 5.09. The quantitative estimate of drug-likeness (QED) is 0.364. The molecule has 2 aromatic rings. The van der Waals surface area contributed by atoms with Crippen molar-refractivity contribution < 1.29 is 43.0 Å². The lowest BCUT2D eigenvalue weighted by molar-refractivity contribution is -0.917. The maximum Gasteiger partial charge on any atom is 0.414 e. The van der Waals surface area contributed by atoms with Crippen molar-refractivity contribution in [3.8, 4) is 5.75 Å². The van der Waals surface area contributed by atoms with Crippen molar-refractivity contribution in [3.05, 3.63) is 52.5 Å². The summed E-state index contributed by atoms with van der Waals surface area (Å²) < 4.78 is 28.1.